The van der Waals surface area contributed by atoms with Crippen LogP contribution >= 0.6 is 0 Å². The molecule has 2 aromatic carbocycles. The number of alkyl carbamates (subject to hydrolysis) is 1. The van der Waals surface area contributed by atoms with E-state index in [4.69, 9.17) is 4.74 Å². The molecule has 0 heterocycles. The van der Waals surface area contributed by atoms with Crippen LogP contribution in [0.15, 0.2) is 48.5 Å². The average molecular weight is 481 g/mol. The smallest absolute Gasteiger partial charge is 0.407 e. The second-order valence-electron chi connectivity index (χ2n) is 9.66. The van der Waals surface area contributed by atoms with Crippen LogP contribution in [0.2, 0.25) is 0 Å². The van der Waals surface area contributed by atoms with Gasteiger partial charge in [-0.05, 0) is 47.4 Å². The molecule has 2 amide bonds. The number of carboxylic acid groups (broad SMARTS) is 1. The quantitative estimate of drug-likeness (QED) is 0.422. The van der Waals surface area contributed by atoms with Crippen LogP contribution in [-0.4, -0.2) is 42.3 Å². The summed E-state index contributed by atoms with van der Waals surface area (Å²) >= 11 is 0. The second kappa shape index (κ2) is 11.4. The molecule has 0 spiro atoms. The molecule has 3 rings (SSSR count). The van der Waals surface area contributed by atoms with E-state index in [0.29, 0.717) is 19.3 Å². The molecule has 0 saturated carbocycles. The van der Waals surface area contributed by atoms with E-state index in [9.17, 15) is 19.5 Å². The number of carbonyl (C=O) groups excluding carboxylic acids is 2. The van der Waals surface area contributed by atoms with Gasteiger partial charge in [-0.1, -0.05) is 76.2 Å². The lowest BCUT2D eigenvalue weighted by Gasteiger charge is -2.32. The summed E-state index contributed by atoms with van der Waals surface area (Å²) in [5, 5.41) is 14.9. The van der Waals surface area contributed by atoms with Gasteiger partial charge in [-0.15, -0.1) is 0 Å². The number of ether oxygens (including phenoxy) is 1. The minimum atomic E-state index is -1.06. The first-order valence-corrected chi connectivity index (χ1v) is 12.3. The van der Waals surface area contributed by atoms with Crippen molar-refractivity contribution in [2.75, 3.05) is 13.2 Å². The van der Waals surface area contributed by atoms with Crippen LogP contribution < -0.4 is 10.6 Å². The lowest BCUT2D eigenvalue weighted by molar-refractivity contribution is -0.144. The molecule has 0 saturated heterocycles. The molecule has 1 aliphatic carbocycles. The summed E-state index contributed by atoms with van der Waals surface area (Å²) in [5.41, 5.74) is 3.64. The van der Waals surface area contributed by atoms with Gasteiger partial charge >= 0.3 is 12.1 Å². The van der Waals surface area contributed by atoms with Crippen LogP contribution in [0.4, 0.5) is 4.79 Å². The fraction of sp³-hybridized carbons (Fsp3) is 0.464. The second-order valence-corrected chi connectivity index (χ2v) is 9.66. The van der Waals surface area contributed by atoms with Crippen LogP contribution in [0.25, 0.3) is 11.1 Å². The maximum atomic E-state index is 13.1. The van der Waals surface area contributed by atoms with Crippen molar-refractivity contribution in [2.24, 2.45) is 11.3 Å². The molecule has 0 unspecified atom stereocenters. The Morgan fingerprint density at radius 1 is 0.971 bits per heavy atom. The van der Waals surface area contributed by atoms with E-state index in [1.807, 2.05) is 52.0 Å². The van der Waals surface area contributed by atoms with Crippen LogP contribution in [0.1, 0.15) is 64.0 Å². The minimum absolute atomic E-state index is 0.0501. The Morgan fingerprint density at radius 3 is 2.00 bits per heavy atom. The van der Waals surface area contributed by atoms with E-state index in [1.54, 1.807) is 0 Å². The van der Waals surface area contributed by atoms with Crippen molar-refractivity contribution in [3.63, 3.8) is 0 Å². The van der Waals surface area contributed by atoms with Crippen molar-refractivity contribution in [1.29, 1.82) is 0 Å². The summed E-state index contributed by atoms with van der Waals surface area (Å²) in [6.07, 6.45) is 0.646. The Bertz CT molecular complexity index is 1020. The number of amides is 2. The van der Waals surface area contributed by atoms with Crippen molar-refractivity contribution in [1.82, 2.24) is 10.6 Å². The number of hydrogen-bond acceptors (Lipinski definition) is 4. The zero-order valence-electron chi connectivity index (χ0n) is 21.0. The number of aliphatic carboxylic acids is 1. The molecule has 188 valence electrons. The number of rotatable bonds is 11. The topological polar surface area (TPSA) is 105 Å². The number of benzene rings is 2. The lowest BCUT2D eigenvalue weighted by Crippen LogP contribution is -2.52. The maximum Gasteiger partial charge on any atom is 0.407 e. The minimum Gasteiger partial charge on any atom is -0.480 e. The Labute approximate surface area is 207 Å². The van der Waals surface area contributed by atoms with Gasteiger partial charge in [0.15, 0.2) is 0 Å². The zero-order chi connectivity index (χ0) is 25.6. The maximum absolute atomic E-state index is 13.1. The standard InChI is InChI=1S/C28H36N2O5/c1-5-28(6-2,26(33)30-24(25(31)32)15-18(3)4)17-29-27(34)35-16-23-21-13-9-7-11-19(21)20-12-8-10-14-22(20)23/h7-14,18,23-24H,5-6,15-17H2,1-4H3,(H,29,34)(H,30,33)(H,31,32)/t24-/m1/s1. The molecule has 0 aromatic heterocycles. The monoisotopic (exact) mass is 480 g/mol. The fourth-order valence-electron chi connectivity index (χ4n) is 4.80. The van der Waals surface area contributed by atoms with Crippen molar-refractivity contribution in [3.05, 3.63) is 59.7 Å². The first-order chi connectivity index (χ1) is 16.7. The van der Waals surface area contributed by atoms with Gasteiger partial charge in [-0.3, -0.25) is 4.79 Å². The van der Waals surface area contributed by atoms with Crippen molar-refractivity contribution in [2.45, 2.75) is 58.9 Å². The van der Waals surface area contributed by atoms with E-state index < -0.39 is 23.5 Å². The highest BCUT2D eigenvalue weighted by molar-refractivity contribution is 5.88. The summed E-state index contributed by atoms with van der Waals surface area (Å²) < 4.78 is 5.60. The molecule has 3 N–H and O–H groups in total. The molecule has 2 aromatic rings. The molecule has 1 aliphatic rings. The summed E-state index contributed by atoms with van der Waals surface area (Å²) in [7, 11) is 0. The molecular weight excluding hydrogens is 444 g/mol. The third kappa shape index (κ3) is 5.84. The van der Waals surface area contributed by atoms with E-state index in [-0.39, 0.29) is 30.9 Å². The molecule has 0 radical (unpaired) electrons. The lowest BCUT2D eigenvalue weighted by atomic mass is 9.80. The molecule has 7 nitrogen and oxygen atoms in total. The van der Waals surface area contributed by atoms with Gasteiger partial charge in [0, 0.05) is 12.5 Å². The predicted molar refractivity (Wildman–Crippen MR) is 135 cm³/mol. The van der Waals surface area contributed by atoms with Gasteiger partial charge in [-0.2, -0.15) is 0 Å². The molecule has 0 fully saturated rings. The summed E-state index contributed by atoms with van der Waals surface area (Å²) in [6.45, 7) is 7.80. The summed E-state index contributed by atoms with van der Waals surface area (Å²) in [5.74, 6) is -1.36. The van der Waals surface area contributed by atoms with Crippen LogP contribution in [0.3, 0.4) is 0 Å². The van der Waals surface area contributed by atoms with E-state index >= 15 is 0 Å². The van der Waals surface area contributed by atoms with Gasteiger partial charge in [0.25, 0.3) is 0 Å². The highest BCUT2D eigenvalue weighted by Gasteiger charge is 2.38. The van der Waals surface area contributed by atoms with Gasteiger partial charge in [0.05, 0.1) is 5.41 Å². The number of carbonyl (C=O) groups is 3. The van der Waals surface area contributed by atoms with Crippen LogP contribution in [0.5, 0.6) is 0 Å². The molecule has 7 heteroatoms. The third-order valence-electron chi connectivity index (χ3n) is 7.06. The first-order valence-electron chi connectivity index (χ1n) is 12.3. The molecular formula is C28H36N2O5. The molecule has 0 bridgehead atoms. The van der Waals surface area contributed by atoms with E-state index in [0.717, 1.165) is 22.3 Å². The first kappa shape index (κ1) is 26.3. The Morgan fingerprint density at radius 2 is 1.51 bits per heavy atom. The highest BCUT2D eigenvalue weighted by Crippen LogP contribution is 2.44. The predicted octanol–water partition coefficient (Wildman–Crippen LogP) is 4.95. The highest BCUT2D eigenvalue weighted by atomic mass is 16.5. The summed E-state index contributed by atoms with van der Waals surface area (Å²) in [4.78, 5) is 37.4. The summed E-state index contributed by atoms with van der Waals surface area (Å²) in [6, 6.07) is 15.3. The average Bonchev–Trinajstić information content (AvgIpc) is 3.16. The van der Waals surface area contributed by atoms with Crippen molar-refractivity contribution >= 4 is 18.0 Å². The van der Waals surface area contributed by atoms with E-state index in [1.165, 1.54) is 0 Å². The Hall–Kier alpha value is -3.35. The zero-order valence-corrected chi connectivity index (χ0v) is 21.0. The van der Waals surface area contributed by atoms with Crippen LogP contribution in [0, 0.1) is 11.3 Å². The fourth-order valence-corrected chi connectivity index (χ4v) is 4.80. The van der Waals surface area contributed by atoms with Crippen molar-refractivity contribution in [3.8, 4) is 11.1 Å². The normalized spacial score (nSPS) is 13.6. The van der Waals surface area contributed by atoms with Gasteiger partial charge in [0.2, 0.25) is 5.91 Å². The third-order valence-corrected chi connectivity index (χ3v) is 7.06. The number of hydrogen-bond donors (Lipinski definition) is 3. The molecule has 0 aliphatic heterocycles. The Balaban J connectivity index is 1.63. The number of carboxylic acids is 1. The van der Waals surface area contributed by atoms with Gasteiger partial charge in [-0.25, -0.2) is 9.59 Å². The van der Waals surface area contributed by atoms with Crippen molar-refractivity contribution < 1.29 is 24.2 Å². The van der Waals surface area contributed by atoms with Gasteiger partial charge in [0.1, 0.15) is 12.6 Å². The number of fused-ring (bicyclic) bond motifs is 3. The number of nitrogens with one attached hydrogen (secondary N) is 2. The molecule has 35 heavy (non-hydrogen) atoms. The SMILES string of the molecule is CCC(CC)(CNC(=O)OCC1c2ccccc2-c2ccccc21)C(=O)N[C@H](CC(C)C)C(=O)O. The van der Waals surface area contributed by atoms with Gasteiger partial charge < -0.3 is 20.5 Å². The largest absolute Gasteiger partial charge is 0.480 e. The van der Waals surface area contributed by atoms with E-state index in [2.05, 4.69) is 34.9 Å². The Kier molecular flexibility index (Phi) is 8.54. The van der Waals surface area contributed by atoms with Crippen LogP contribution in [-0.2, 0) is 14.3 Å². The molecule has 1 atom stereocenters.